The first-order chi connectivity index (χ1) is 20.7. The van der Waals surface area contributed by atoms with Crippen molar-refractivity contribution in [1.29, 1.82) is 0 Å². The second-order valence-electron chi connectivity index (χ2n) is 11.5. The molecule has 2 aromatic heterocycles. The molecule has 1 N–H and O–H groups in total. The number of nitrogens with zero attached hydrogens (tertiary/aromatic N) is 7. The van der Waals surface area contributed by atoms with E-state index in [0.717, 1.165) is 74.6 Å². The first-order valence-corrected chi connectivity index (χ1v) is 16.5. The van der Waals surface area contributed by atoms with Gasteiger partial charge in [-0.25, -0.2) is 22.7 Å². The lowest BCUT2D eigenvalue weighted by Crippen LogP contribution is -2.53. The summed E-state index contributed by atoms with van der Waals surface area (Å²) in [4.78, 5) is 23.7. The number of urea groups is 1. The minimum atomic E-state index is -3.44. The SMILES string of the molecule is CN1CCN(C(=O)N2CCC(c3ccc(Nc4ncc5ccc(-c6ccccc6N(C)S(C)(=O)=O)n5n4)cc3)CC2)CC1. The molecule has 6 rings (SSSR count). The third kappa shape index (κ3) is 6.16. The van der Waals surface area contributed by atoms with Gasteiger partial charge in [0.05, 0.1) is 29.4 Å². The first-order valence-electron chi connectivity index (χ1n) is 14.6. The summed E-state index contributed by atoms with van der Waals surface area (Å²) >= 11 is 0. The van der Waals surface area contributed by atoms with E-state index in [1.165, 1.54) is 16.1 Å². The molecule has 0 bridgehead atoms. The number of hydrogen-bond acceptors (Lipinski definition) is 7. The van der Waals surface area contributed by atoms with Crippen LogP contribution in [0.15, 0.2) is 66.9 Å². The van der Waals surface area contributed by atoms with Crippen molar-refractivity contribution in [3.63, 3.8) is 0 Å². The third-order valence-electron chi connectivity index (χ3n) is 8.59. The summed E-state index contributed by atoms with van der Waals surface area (Å²) in [5.74, 6) is 0.855. The average molecular weight is 603 g/mol. The lowest BCUT2D eigenvalue weighted by atomic mass is 9.89. The van der Waals surface area contributed by atoms with E-state index in [1.807, 2.05) is 52.3 Å². The van der Waals surface area contributed by atoms with Gasteiger partial charge in [-0.15, -0.1) is 5.10 Å². The molecule has 0 atom stereocenters. The van der Waals surface area contributed by atoms with Gasteiger partial charge in [-0.2, -0.15) is 0 Å². The van der Waals surface area contributed by atoms with Crippen LogP contribution in [-0.4, -0.2) is 103 Å². The number of benzene rings is 2. The fourth-order valence-electron chi connectivity index (χ4n) is 5.88. The quantitative estimate of drug-likeness (QED) is 0.355. The summed E-state index contributed by atoms with van der Waals surface area (Å²) in [6, 6.07) is 19.7. The van der Waals surface area contributed by atoms with Gasteiger partial charge >= 0.3 is 6.03 Å². The number of piperidine rings is 1. The maximum absolute atomic E-state index is 13.0. The topological polar surface area (TPSA) is 106 Å². The molecule has 0 radical (unpaired) electrons. The van der Waals surface area contributed by atoms with Gasteiger partial charge < -0.3 is 20.0 Å². The Balaban J connectivity index is 1.13. The summed E-state index contributed by atoms with van der Waals surface area (Å²) in [7, 11) is 0.211. The predicted molar refractivity (Wildman–Crippen MR) is 169 cm³/mol. The number of nitrogens with one attached hydrogen (secondary N) is 1. The van der Waals surface area contributed by atoms with Gasteiger partial charge in [0.15, 0.2) is 0 Å². The van der Waals surface area contributed by atoms with Crippen molar-refractivity contribution in [3.8, 4) is 11.3 Å². The normalized spacial score (nSPS) is 16.9. The fourth-order valence-corrected chi connectivity index (χ4v) is 6.39. The fraction of sp³-hybridized carbons (Fsp3) is 0.387. The summed E-state index contributed by atoms with van der Waals surface area (Å²) in [5, 5.41) is 8.04. The molecular weight excluding hydrogens is 564 g/mol. The number of carbonyl (C=O) groups is 1. The van der Waals surface area contributed by atoms with E-state index < -0.39 is 10.0 Å². The van der Waals surface area contributed by atoms with Crippen LogP contribution in [0.5, 0.6) is 0 Å². The molecule has 4 aromatic rings. The van der Waals surface area contributed by atoms with E-state index in [4.69, 9.17) is 5.10 Å². The predicted octanol–water partition coefficient (Wildman–Crippen LogP) is 4.08. The average Bonchev–Trinajstić information content (AvgIpc) is 3.44. The van der Waals surface area contributed by atoms with Gasteiger partial charge in [-0.3, -0.25) is 4.31 Å². The van der Waals surface area contributed by atoms with Crippen molar-refractivity contribution in [1.82, 2.24) is 29.3 Å². The van der Waals surface area contributed by atoms with Crippen LogP contribution in [0.4, 0.5) is 22.1 Å². The maximum Gasteiger partial charge on any atom is 0.320 e. The number of likely N-dealkylation sites (tertiary alicyclic amines) is 1. The Labute approximate surface area is 252 Å². The highest BCUT2D eigenvalue weighted by Gasteiger charge is 2.28. The Hall–Kier alpha value is -4.16. The van der Waals surface area contributed by atoms with E-state index >= 15 is 0 Å². The van der Waals surface area contributed by atoms with Crippen LogP contribution < -0.4 is 9.62 Å². The van der Waals surface area contributed by atoms with Gasteiger partial charge in [-0.05, 0) is 61.7 Å². The van der Waals surface area contributed by atoms with Crippen LogP contribution in [0, 0.1) is 0 Å². The molecule has 0 saturated carbocycles. The van der Waals surface area contributed by atoms with Crippen molar-refractivity contribution in [2.75, 3.05) is 69.2 Å². The van der Waals surface area contributed by atoms with Crippen molar-refractivity contribution >= 4 is 38.9 Å². The highest BCUT2D eigenvalue weighted by molar-refractivity contribution is 7.92. The smallest absolute Gasteiger partial charge is 0.320 e. The molecule has 11 nitrogen and oxygen atoms in total. The zero-order chi connectivity index (χ0) is 30.1. The second kappa shape index (κ2) is 11.8. The number of sulfonamides is 1. The third-order valence-corrected chi connectivity index (χ3v) is 9.78. The van der Waals surface area contributed by atoms with E-state index in [0.29, 0.717) is 17.6 Å². The second-order valence-corrected chi connectivity index (χ2v) is 13.5. The largest absolute Gasteiger partial charge is 0.325 e. The Morgan fingerprint density at radius 1 is 0.907 bits per heavy atom. The van der Waals surface area contributed by atoms with Crippen molar-refractivity contribution in [2.24, 2.45) is 0 Å². The number of fused-ring (bicyclic) bond motifs is 1. The zero-order valence-corrected chi connectivity index (χ0v) is 25.7. The van der Waals surface area contributed by atoms with E-state index in [-0.39, 0.29) is 6.03 Å². The van der Waals surface area contributed by atoms with Crippen molar-refractivity contribution in [2.45, 2.75) is 18.8 Å². The molecule has 0 unspecified atom stereocenters. The number of aromatic nitrogens is 3. The van der Waals surface area contributed by atoms with Crippen LogP contribution in [0.1, 0.15) is 24.3 Å². The summed E-state index contributed by atoms with van der Waals surface area (Å²) in [5.41, 5.74) is 5.03. The molecule has 43 heavy (non-hydrogen) atoms. The van der Waals surface area contributed by atoms with Crippen LogP contribution in [0.3, 0.4) is 0 Å². The van der Waals surface area contributed by atoms with Gasteiger partial charge in [0.2, 0.25) is 16.0 Å². The molecule has 2 aromatic carbocycles. The monoisotopic (exact) mass is 602 g/mol. The number of hydrogen-bond donors (Lipinski definition) is 1. The van der Waals surface area contributed by atoms with Gasteiger partial charge in [0.1, 0.15) is 0 Å². The molecular formula is C31H38N8O3S. The van der Waals surface area contributed by atoms with Crippen LogP contribution in [0.2, 0.25) is 0 Å². The number of anilines is 3. The van der Waals surface area contributed by atoms with Crippen LogP contribution in [0.25, 0.3) is 16.8 Å². The Kier molecular flexibility index (Phi) is 7.97. The number of piperazine rings is 1. The van der Waals surface area contributed by atoms with E-state index in [2.05, 4.69) is 34.4 Å². The van der Waals surface area contributed by atoms with E-state index in [9.17, 15) is 13.2 Å². The Morgan fingerprint density at radius 2 is 1.58 bits per heavy atom. The summed E-state index contributed by atoms with van der Waals surface area (Å²) in [6.07, 6.45) is 4.85. The molecule has 2 aliphatic rings. The maximum atomic E-state index is 13.0. The number of rotatable bonds is 6. The van der Waals surface area contributed by atoms with Gasteiger partial charge in [0, 0.05) is 57.6 Å². The number of carbonyl (C=O) groups excluding carboxylic acids is 1. The summed E-state index contributed by atoms with van der Waals surface area (Å²) < 4.78 is 27.6. The Bertz CT molecular complexity index is 1710. The first kappa shape index (κ1) is 28.9. The lowest BCUT2D eigenvalue weighted by Gasteiger charge is -2.39. The molecule has 0 aliphatic carbocycles. The van der Waals surface area contributed by atoms with Gasteiger partial charge in [0.25, 0.3) is 0 Å². The Morgan fingerprint density at radius 3 is 2.28 bits per heavy atom. The standard InChI is InChI=1S/C31H38N8O3S/c1-35-18-20-38(21-19-35)31(40)37-16-14-24(15-17-37)23-8-10-25(11-9-23)33-30-32-22-26-12-13-29(39(26)34-30)27-6-4-5-7-28(27)36(2)43(3,41)42/h4-13,22,24H,14-21H2,1-3H3,(H,33,34). The molecule has 4 heterocycles. The molecule has 2 amide bonds. The van der Waals surface area contributed by atoms with Crippen LogP contribution >= 0.6 is 0 Å². The summed E-state index contributed by atoms with van der Waals surface area (Å²) in [6.45, 7) is 5.05. The molecule has 2 fully saturated rings. The molecule has 226 valence electrons. The van der Waals surface area contributed by atoms with Gasteiger partial charge in [-0.1, -0.05) is 30.3 Å². The van der Waals surface area contributed by atoms with Crippen LogP contribution in [-0.2, 0) is 10.0 Å². The highest BCUT2D eigenvalue weighted by Crippen LogP contribution is 2.33. The lowest BCUT2D eigenvalue weighted by molar-refractivity contribution is 0.113. The van der Waals surface area contributed by atoms with Crippen molar-refractivity contribution in [3.05, 3.63) is 72.4 Å². The molecule has 2 saturated heterocycles. The molecule has 2 aliphatic heterocycles. The molecule has 0 spiro atoms. The molecule has 12 heteroatoms. The minimum Gasteiger partial charge on any atom is -0.325 e. The zero-order valence-electron chi connectivity index (χ0n) is 24.8. The van der Waals surface area contributed by atoms with E-state index in [1.54, 1.807) is 23.8 Å². The minimum absolute atomic E-state index is 0.180. The highest BCUT2D eigenvalue weighted by atomic mass is 32.2. The number of likely N-dealkylation sites (N-methyl/N-ethyl adjacent to an activating group) is 1. The van der Waals surface area contributed by atoms with Crippen molar-refractivity contribution < 1.29 is 13.2 Å². The number of para-hydroxylation sites is 1. The number of amides is 2.